The fraction of sp³-hybridized carbons (Fsp3) is 0.348. The maximum atomic E-state index is 12.4. The first-order chi connectivity index (χ1) is 15.6. The van der Waals surface area contributed by atoms with Crippen LogP contribution in [0.3, 0.4) is 0 Å². The zero-order valence-corrected chi connectivity index (χ0v) is 21.5. The molecule has 3 heterocycles. The van der Waals surface area contributed by atoms with Gasteiger partial charge in [-0.3, -0.25) is 4.79 Å². The summed E-state index contributed by atoms with van der Waals surface area (Å²) < 4.78 is 11.8. The second-order valence-electron chi connectivity index (χ2n) is 7.68. The molecule has 0 spiro atoms. The summed E-state index contributed by atoms with van der Waals surface area (Å²) in [6, 6.07) is 11.3. The number of amides is 1. The molecule has 1 aromatic carbocycles. The van der Waals surface area contributed by atoms with Crippen molar-refractivity contribution in [1.82, 2.24) is 19.8 Å². The summed E-state index contributed by atoms with van der Waals surface area (Å²) in [5.74, 6) is 1.92. The number of hydrogen-bond acceptors (Lipinski definition) is 8. The van der Waals surface area contributed by atoms with Crippen LogP contribution < -0.4 is 14.8 Å². The molecule has 0 saturated carbocycles. The van der Waals surface area contributed by atoms with Crippen molar-refractivity contribution >= 4 is 53.0 Å². The second-order valence-corrected chi connectivity index (χ2v) is 8.54. The van der Waals surface area contributed by atoms with Crippen LogP contribution in [0.25, 0.3) is 0 Å². The van der Waals surface area contributed by atoms with Crippen LogP contribution in [0.2, 0.25) is 0 Å². The SMILES string of the molecule is Cc1csc(Nc2ncccc2OCc2cccc(OCC(=O)N3CCN(C)CC3)c2)n1.Cl.Cl. The van der Waals surface area contributed by atoms with Crippen molar-refractivity contribution in [2.24, 2.45) is 0 Å². The molecule has 184 valence electrons. The molecule has 0 radical (unpaired) electrons. The normalized spacial score (nSPS) is 13.4. The van der Waals surface area contributed by atoms with Gasteiger partial charge in [-0.2, -0.15) is 0 Å². The first kappa shape index (κ1) is 27.7. The average molecular weight is 526 g/mol. The van der Waals surface area contributed by atoms with Crippen molar-refractivity contribution in [3.05, 3.63) is 59.2 Å². The van der Waals surface area contributed by atoms with Crippen molar-refractivity contribution < 1.29 is 14.3 Å². The lowest BCUT2D eigenvalue weighted by atomic mass is 10.2. The van der Waals surface area contributed by atoms with E-state index >= 15 is 0 Å². The first-order valence-corrected chi connectivity index (χ1v) is 11.4. The fourth-order valence-electron chi connectivity index (χ4n) is 3.29. The topological polar surface area (TPSA) is 79.8 Å². The van der Waals surface area contributed by atoms with Crippen LogP contribution >= 0.6 is 36.2 Å². The predicted molar refractivity (Wildman–Crippen MR) is 139 cm³/mol. The maximum Gasteiger partial charge on any atom is 0.260 e. The Labute approximate surface area is 216 Å². The summed E-state index contributed by atoms with van der Waals surface area (Å²) >= 11 is 1.52. The zero-order chi connectivity index (χ0) is 22.3. The van der Waals surface area contributed by atoms with Gasteiger partial charge in [0.1, 0.15) is 12.4 Å². The van der Waals surface area contributed by atoms with E-state index in [9.17, 15) is 4.79 Å². The quantitative estimate of drug-likeness (QED) is 0.472. The summed E-state index contributed by atoms with van der Waals surface area (Å²) in [4.78, 5) is 25.3. The van der Waals surface area contributed by atoms with E-state index in [1.807, 2.05) is 53.6 Å². The van der Waals surface area contributed by atoms with E-state index in [1.165, 1.54) is 11.3 Å². The van der Waals surface area contributed by atoms with Gasteiger partial charge in [0.2, 0.25) is 0 Å². The summed E-state index contributed by atoms with van der Waals surface area (Å²) in [5, 5.41) is 5.96. The van der Waals surface area contributed by atoms with E-state index in [1.54, 1.807) is 6.20 Å². The van der Waals surface area contributed by atoms with Crippen LogP contribution in [0.5, 0.6) is 11.5 Å². The first-order valence-electron chi connectivity index (χ1n) is 10.5. The molecule has 0 atom stereocenters. The lowest BCUT2D eigenvalue weighted by Crippen LogP contribution is -2.48. The minimum Gasteiger partial charge on any atom is -0.485 e. The van der Waals surface area contributed by atoms with Crippen LogP contribution in [-0.4, -0.2) is 65.5 Å². The van der Waals surface area contributed by atoms with Crippen molar-refractivity contribution in [2.45, 2.75) is 13.5 Å². The highest BCUT2D eigenvalue weighted by Gasteiger charge is 2.19. The molecule has 11 heteroatoms. The van der Waals surface area contributed by atoms with Gasteiger partial charge in [0, 0.05) is 37.8 Å². The van der Waals surface area contributed by atoms with Gasteiger partial charge >= 0.3 is 0 Å². The number of pyridine rings is 1. The number of carbonyl (C=O) groups excluding carboxylic acids is 1. The lowest BCUT2D eigenvalue weighted by molar-refractivity contribution is -0.134. The minimum atomic E-state index is 0. The molecule has 0 aliphatic carbocycles. The number of aryl methyl sites for hydroxylation is 1. The molecule has 1 amide bonds. The van der Waals surface area contributed by atoms with Crippen LogP contribution in [0, 0.1) is 6.92 Å². The molecule has 1 saturated heterocycles. The van der Waals surface area contributed by atoms with E-state index < -0.39 is 0 Å². The molecule has 1 N–H and O–H groups in total. The number of rotatable bonds is 8. The third-order valence-corrected chi connectivity index (χ3v) is 6.00. The molecule has 2 aromatic heterocycles. The standard InChI is InChI=1S/C23H27N5O3S.2ClH/c1-17-16-32-23(25-17)26-22-20(7-4-8-24-22)31-14-18-5-3-6-19(13-18)30-15-21(29)28-11-9-27(2)10-12-28;;/h3-8,13,16H,9-12,14-15H2,1-2H3,(H,24,25,26);2*1H. The third-order valence-electron chi connectivity index (χ3n) is 5.13. The third kappa shape index (κ3) is 7.73. The summed E-state index contributed by atoms with van der Waals surface area (Å²) in [5.41, 5.74) is 1.90. The van der Waals surface area contributed by atoms with Crippen LogP contribution in [0.1, 0.15) is 11.3 Å². The zero-order valence-electron chi connectivity index (χ0n) is 19.1. The summed E-state index contributed by atoms with van der Waals surface area (Å²) in [7, 11) is 2.07. The highest BCUT2D eigenvalue weighted by molar-refractivity contribution is 7.13. The number of halogens is 2. The van der Waals surface area contributed by atoms with E-state index in [-0.39, 0.29) is 37.3 Å². The molecule has 3 aromatic rings. The lowest BCUT2D eigenvalue weighted by Gasteiger charge is -2.32. The van der Waals surface area contributed by atoms with E-state index in [0.717, 1.165) is 42.6 Å². The second kappa shape index (κ2) is 13.3. The Kier molecular flexibility index (Phi) is 10.8. The Balaban J connectivity index is 0.00000204. The van der Waals surface area contributed by atoms with E-state index in [2.05, 4.69) is 27.2 Å². The largest absolute Gasteiger partial charge is 0.485 e. The van der Waals surface area contributed by atoms with Crippen molar-refractivity contribution in [3.63, 3.8) is 0 Å². The van der Waals surface area contributed by atoms with Crippen molar-refractivity contribution in [1.29, 1.82) is 0 Å². The number of likely N-dealkylation sites (N-methyl/N-ethyl adjacent to an activating group) is 1. The Morgan fingerprint density at radius 2 is 1.91 bits per heavy atom. The van der Waals surface area contributed by atoms with E-state index in [4.69, 9.17) is 9.47 Å². The molecule has 1 fully saturated rings. The molecule has 34 heavy (non-hydrogen) atoms. The molecule has 1 aliphatic heterocycles. The van der Waals surface area contributed by atoms with E-state index in [0.29, 0.717) is 23.9 Å². The number of aromatic nitrogens is 2. The minimum absolute atomic E-state index is 0. The Bertz CT molecular complexity index is 1060. The van der Waals surface area contributed by atoms with Crippen LogP contribution in [-0.2, 0) is 11.4 Å². The van der Waals surface area contributed by atoms with Crippen LogP contribution in [0.15, 0.2) is 48.0 Å². The van der Waals surface area contributed by atoms with Gasteiger partial charge in [-0.1, -0.05) is 12.1 Å². The number of nitrogens with zero attached hydrogens (tertiary/aromatic N) is 4. The highest BCUT2D eigenvalue weighted by Crippen LogP contribution is 2.27. The monoisotopic (exact) mass is 525 g/mol. The van der Waals surface area contributed by atoms with Crippen molar-refractivity contribution in [3.8, 4) is 11.5 Å². The molecule has 4 rings (SSSR count). The van der Waals surface area contributed by atoms with Gasteiger partial charge in [-0.25, -0.2) is 9.97 Å². The molecular formula is C23H29Cl2N5O3S. The molecular weight excluding hydrogens is 497 g/mol. The number of piperazine rings is 1. The smallest absolute Gasteiger partial charge is 0.260 e. The molecule has 1 aliphatic rings. The number of ether oxygens (including phenoxy) is 2. The van der Waals surface area contributed by atoms with Gasteiger partial charge in [-0.15, -0.1) is 36.2 Å². The van der Waals surface area contributed by atoms with Gasteiger partial charge < -0.3 is 24.6 Å². The predicted octanol–water partition coefficient (Wildman–Crippen LogP) is 4.17. The van der Waals surface area contributed by atoms with Gasteiger partial charge in [0.05, 0.1) is 5.69 Å². The Morgan fingerprint density at radius 3 is 2.65 bits per heavy atom. The van der Waals surface area contributed by atoms with Gasteiger partial charge in [0.25, 0.3) is 5.91 Å². The van der Waals surface area contributed by atoms with Gasteiger partial charge in [0.15, 0.2) is 23.3 Å². The number of hydrogen-bond donors (Lipinski definition) is 1. The summed E-state index contributed by atoms with van der Waals surface area (Å²) in [6.45, 7) is 5.62. The number of nitrogens with one attached hydrogen (secondary N) is 1. The Hall–Kier alpha value is -2.59. The molecule has 0 bridgehead atoms. The maximum absolute atomic E-state index is 12.4. The van der Waals surface area contributed by atoms with Crippen molar-refractivity contribution in [2.75, 3.05) is 45.2 Å². The molecule has 0 unspecified atom stereocenters. The highest BCUT2D eigenvalue weighted by atomic mass is 35.5. The number of anilines is 2. The average Bonchev–Trinajstić information content (AvgIpc) is 3.22. The molecule has 8 nitrogen and oxygen atoms in total. The number of thiazole rings is 1. The van der Waals surface area contributed by atoms with Crippen LogP contribution in [0.4, 0.5) is 10.9 Å². The number of carbonyl (C=O) groups is 1. The fourth-order valence-corrected chi connectivity index (χ4v) is 3.98. The number of benzene rings is 1. The summed E-state index contributed by atoms with van der Waals surface area (Å²) in [6.07, 6.45) is 1.71. The Morgan fingerprint density at radius 1 is 1.12 bits per heavy atom. The van der Waals surface area contributed by atoms with Gasteiger partial charge in [-0.05, 0) is 43.8 Å².